The zero-order valence-electron chi connectivity index (χ0n) is 13.0. The van der Waals surface area contributed by atoms with Crippen LogP contribution < -0.4 is 10.6 Å². The third-order valence-electron chi connectivity index (χ3n) is 3.54. The summed E-state index contributed by atoms with van der Waals surface area (Å²) in [6.07, 6.45) is 5.22. The standard InChI is InChI=1S/C15H26N4O2/c1-12(2)21-10-4-8-17-15(20)14-6-9-19(18-14)13-5-3-7-16-11-13/h6,9,12-13,16H,3-5,7-8,10-11H2,1-2H3,(H,17,20). The molecule has 0 spiro atoms. The molecule has 1 aromatic heterocycles. The summed E-state index contributed by atoms with van der Waals surface area (Å²) in [5.74, 6) is -0.109. The number of piperidine rings is 1. The fraction of sp³-hybridized carbons (Fsp3) is 0.733. The van der Waals surface area contributed by atoms with Crippen LogP contribution in [-0.2, 0) is 4.74 Å². The molecule has 1 aliphatic rings. The fourth-order valence-corrected chi connectivity index (χ4v) is 2.41. The van der Waals surface area contributed by atoms with E-state index in [1.54, 1.807) is 6.07 Å². The monoisotopic (exact) mass is 294 g/mol. The molecule has 21 heavy (non-hydrogen) atoms. The Labute approximate surface area is 126 Å². The fourth-order valence-electron chi connectivity index (χ4n) is 2.41. The van der Waals surface area contributed by atoms with Gasteiger partial charge in [0.2, 0.25) is 0 Å². The number of aromatic nitrogens is 2. The van der Waals surface area contributed by atoms with Crippen molar-refractivity contribution in [1.29, 1.82) is 0 Å². The van der Waals surface area contributed by atoms with Crippen molar-refractivity contribution >= 4 is 5.91 Å². The van der Waals surface area contributed by atoms with Crippen molar-refractivity contribution in [3.63, 3.8) is 0 Å². The number of nitrogens with zero attached hydrogens (tertiary/aromatic N) is 2. The second-order valence-corrected chi connectivity index (χ2v) is 5.71. The quantitative estimate of drug-likeness (QED) is 0.745. The molecule has 2 N–H and O–H groups in total. The van der Waals surface area contributed by atoms with Crippen LogP contribution in [0.5, 0.6) is 0 Å². The Morgan fingerprint density at radius 2 is 2.48 bits per heavy atom. The molecule has 0 saturated carbocycles. The van der Waals surface area contributed by atoms with E-state index >= 15 is 0 Å². The lowest BCUT2D eigenvalue weighted by atomic mass is 10.1. The van der Waals surface area contributed by atoms with Gasteiger partial charge in [0.1, 0.15) is 5.69 Å². The largest absolute Gasteiger partial charge is 0.379 e. The Kier molecular flexibility index (Phi) is 6.20. The molecule has 1 aromatic rings. The molecule has 1 amide bonds. The molecule has 1 fully saturated rings. The van der Waals surface area contributed by atoms with E-state index in [-0.39, 0.29) is 12.0 Å². The number of hydrogen-bond donors (Lipinski definition) is 2. The zero-order chi connectivity index (χ0) is 15.1. The van der Waals surface area contributed by atoms with Crippen molar-refractivity contribution in [3.05, 3.63) is 18.0 Å². The van der Waals surface area contributed by atoms with Gasteiger partial charge in [-0.1, -0.05) is 0 Å². The molecule has 0 aliphatic carbocycles. The number of carbonyl (C=O) groups excluding carboxylic acids is 1. The second kappa shape index (κ2) is 8.14. The molecule has 2 rings (SSSR count). The van der Waals surface area contributed by atoms with E-state index < -0.39 is 0 Å². The molecule has 1 atom stereocenters. The van der Waals surface area contributed by atoms with Gasteiger partial charge in [-0.3, -0.25) is 9.48 Å². The van der Waals surface area contributed by atoms with E-state index in [1.165, 1.54) is 0 Å². The Morgan fingerprint density at radius 3 is 3.19 bits per heavy atom. The minimum Gasteiger partial charge on any atom is -0.379 e. The van der Waals surface area contributed by atoms with Crippen LogP contribution in [0.1, 0.15) is 49.6 Å². The molecule has 1 saturated heterocycles. The van der Waals surface area contributed by atoms with Crippen LogP contribution in [0.4, 0.5) is 0 Å². The Morgan fingerprint density at radius 1 is 1.62 bits per heavy atom. The summed E-state index contributed by atoms with van der Waals surface area (Å²) in [6, 6.07) is 2.15. The van der Waals surface area contributed by atoms with E-state index in [9.17, 15) is 4.79 Å². The van der Waals surface area contributed by atoms with Crippen molar-refractivity contribution in [2.45, 2.75) is 45.3 Å². The third-order valence-corrected chi connectivity index (χ3v) is 3.54. The number of nitrogens with one attached hydrogen (secondary N) is 2. The zero-order valence-corrected chi connectivity index (χ0v) is 13.0. The maximum Gasteiger partial charge on any atom is 0.271 e. The van der Waals surface area contributed by atoms with Gasteiger partial charge in [-0.05, 0) is 45.7 Å². The van der Waals surface area contributed by atoms with Gasteiger partial charge in [0.05, 0.1) is 12.1 Å². The van der Waals surface area contributed by atoms with Crippen LogP contribution in [0.2, 0.25) is 0 Å². The predicted molar refractivity (Wildman–Crippen MR) is 81.4 cm³/mol. The number of amides is 1. The topological polar surface area (TPSA) is 68.2 Å². The lowest BCUT2D eigenvalue weighted by Crippen LogP contribution is -2.32. The summed E-state index contributed by atoms with van der Waals surface area (Å²) in [7, 11) is 0. The summed E-state index contributed by atoms with van der Waals surface area (Å²) in [5, 5.41) is 10.6. The minimum atomic E-state index is -0.109. The first kappa shape index (κ1) is 16.0. The van der Waals surface area contributed by atoms with Gasteiger partial charge >= 0.3 is 0 Å². The summed E-state index contributed by atoms with van der Waals surface area (Å²) in [5.41, 5.74) is 0.491. The van der Waals surface area contributed by atoms with E-state index in [0.29, 0.717) is 24.9 Å². The summed E-state index contributed by atoms with van der Waals surface area (Å²) < 4.78 is 7.34. The van der Waals surface area contributed by atoms with E-state index in [4.69, 9.17) is 4.74 Å². The van der Waals surface area contributed by atoms with Gasteiger partial charge in [-0.25, -0.2) is 0 Å². The molecule has 2 heterocycles. The molecule has 1 aliphatic heterocycles. The first-order valence-electron chi connectivity index (χ1n) is 7.82. The van der Waals surface area contributed by atoms with Gasteiger partial charge in [0.25, 0.3) is 5.91 Å². The molecule has 6 nitrogen and oxygen atoms in total. The van der Waals surface area contributed by atoms with Crippen molar-refractivity contribution in [2.24, 2.45) is 0 Å². The van der Waals surface area contributed by atoms with Gasteiger partial charge in [-0.2, -0.15) is 5.10 Å². The first-order valence-corrected chi connectivity index (χ1v) is 7.82. The maximum absolute atomic E-state index is 12.0. The molecule has 0 aromatic carbocycles. The van der Waals surface area contributed by atoms with Crippen molar-refractivity contribution in [1.82, 2.24) is 20.4 Å². The lowest BCUT2D eigenvalue weighted by molar-refractivity contribution is 0.0756. The van der Waals surface area contributed by atoms with Crippen molar-refractivity contribution in [3.8, 4) is 0 Å². The average molecular weight is 294 g/mol. The summed E-state index contributed by atoms with van der Waals surface area (Å²) in [4.78, 5) is 12.0. The smallest absolute Gasteiger partial charge is 0.271 e. The molecular weight excluding hydrogens is 268 g/mol. The molecule has 118 valence electrons. The third kappa shape index (κ3) is 5.13. The first-order chi connectivity index (χ1) is 10.2. The second-order valence-electron chi connectivity index (χ2n) is 5.71. The summed E-state index contributed by atoms with van der Waals surface area (Å²) in [6.45, 7) is 7.29. The van der Waals surface area contributed by atoms with Crippen LogP contribution in [0.3, 0.4) is 0 Å². The number of rotatable bonds is 7. The van der Waals surface area contributed by atoms with Gasteiger partial charge in [0, 0.05) is 25.9 Å². The van der Waals surface area contributed by atoms with Crippen molar-refractivity contribution < 1.29 is 9.53 Å². The lowest BCUT2D eigenvalue weighted by Gasteiger charge is -2.22. The number of carbonyl (C=O) groups is 1. The SMILES string of the molecule is CC(C)OCCCNC(=O)c1ccn(C2CCCNC2)n1. The van der Waals surface area contributed by atoms with Crippen LogP contribution in [-0.4, -0.2) is 48.0 Å². The highest BCUT2D eigenvalue weighted by Crippen LogP contribution is 2.15. The van der Waals surface area contributed by atoms with Gasteiger partial charge in [-0.15, -0.1) is 0 Å². The van der Waals surface area contributed by atoms with E-state index in [2.05, 4.69) is 15.7 Å². The highest BCUT2D eigenvalue weighted by atomic mass is 16.5. The normalized spacial score (nSPS) is 18.9. The van der Waals surface area contributed by atoms with E-state index in [0.717, 1.165) is 32.4 Å². The minimum absolute atomic E-state index is 0.109. The Bertz CT molecular complexity index is 439. The highest BCUT2D eigenvalue weighted by Gasteiger charge is 2.17. The number of ether oxygens (including phenoxy) is 1. The molecular formula is C15H26N4O2. The maximum atomic E-state index is 12.0. The number of hydrogen-bond acceptors (Lipinski definition) is 4. The van der Waals surface area contributed by atoms with Gasteiger partial charge in [0.15, 0.2) is 0 Å². The predicted octanol–water partition coefficient (Wildman–Crippen LogP) is 1.35. The van der Waals surface area contributed by atoms with E-state index in [1.807, 2.05) is 24.7 Å². The van der Waals surface area contributed by atoms with Crippen LogP contribution in [0.15, 0.2) is 12.3 Å². The van der Waals surface area contributed by atoms with Crippen LogP contribution in [0, 0.1) is 0 Å². The van der Waals surface area contributed by atoms with Gasteiger partial charge < -0.3 is 15.4 Å². The highest BCUT2D eigenvalue weighted by molar-refractivity contribution is 5.92. The Hall–Kier alpha value is -1.40. The molecule has 0 radical (unpaired) electrons. The van der Waals surface area contributed by atoms with Crippen molar-refractivity contribution in [2.75, 3.05) is 26.2 Å². The summed E-state index contributed by atoms with van der Waals surface area (Å²) >= 11 is 0. The molecule has 0 bridgehead atoms. The Balaban J connectivity index is 1.73. The average Bonchev–Trinajstić information content (AvgIpc) is 2.97. The van der Waals surface area contributed by atoms with Crippen LogP contribution in [0.25, 0.3) is 0 Å². The van der Waals surface area contributed by atoms with Crippen LogP contribution >= 0.6 is 0 Å². The molecule has 1 unspecified atom stereocenters. The molecule has 6 heteroatoms.